The summed E-state index contributed by atoms with van der Waals surface area (Å²) in [6.45, 7) is 0. The Bertz CT molecular complexity index is 665. The van der Waals surface area contributed by atoms with E-state index in [1.165, 1.54) is 12.7 Å². The van der Waals surface area contributed by atoms with Crippen molar-refractivity contribution >= 4 is 23.2 Å². The monoisotopic (exact) mass is 301 g/mol. The Morgan fingerprint density at radius 1 is 1.14 bits per heavy atom. The van der Waals surface area contributed by atoms with Crippen molar-refractivity contribution in [1.29, 1.82) is 0 Å². The highest BCUT2D eigenvalue weighted by Gasteiger charge is 2.39. The van der Waals surface area contributed by atoms with E-state index in [1.807, 2.05) is 18.2 Å². The molecule has 0 spiro atoms. The molecule has 0 saturated heterocycles. The molecule has 21 heavy (non-hydrogen) atoms. The molecular weight excluding hydrogens is 286 g/mol. The van der Waals surface area contributed by atoms with Crippen molar-refractivity contribution in [3.63, 3.8) is 0 Å². The molecule has 0 bridgehead atoms. The van der Waals surface area contributed by atoms with Crippen LogP contribution in [0.25, 0.3) is 0 Å². The minimum absolute atomic E-state index is 0.126. The summed E-state index contributed by atoms with van der Waals surface area (Å²) in [6.07, 6.45) is 0.963. The third-order valence-electron chi connectivity index (χ3n) is 3.55. The Labute approximate surface area is 126 Å². The van der Waals surface area contributed by atoms with E-state index in [1.54, 1.807) is 12.1 Å². The van der Waals surface area contributed by atoms with Gasteiger partial charge in [-0.25, -0.2) is 4.79 Å². The Morgan fingerprint density at radius 3 is 2.57 bits per heavy atom. The van der Waals surface area contributed by atoms with Gasteiger partial charge in [0, 0.05) is 12.0 Å². The van der Waals surface area contributed by atoms with Crippen molar-refractivity contribution in [2.24, 2.45) is 0 Å². The molecule has 1 saturated carbocycles. The number of ether oxygens (including phenoxy) is 1. The summed E-state index contributed by atoms with van der Waals surface area (Å²) in [6, 6.07) is 13.6. The molecule has 0 unspecified atom stereocenters. The van der Waals surface area contributed by atoms with Crippen LogP contribution in [0.2, 0.25) is 0 Å². The predicted molar refractivity (Wildman–Crippen MR) is 80.7 cm³/mol. The summed E-state index contributed by atoms with van der Waals surface area (Å²) >= 11 is 1.15. The quantitative estimate of drug-likeness (QED) is 0.884. The maximum Gasteiger partial charge on any atom is 0.348 e. The van der Waals surface area contributed by atoms with Crippen molar-refractivity contribution in [1.82, 2.24) is 5.32 Å². The number of hydrogen-bond donors (Lipinski definition) is 1. The molecule has 1 amide bonds. The SMILES string of the molecule is COC(=O)c1ccc(C(=O)N[C@H]2C[C@H]2c2ccccc2)s1. The number of esters is 1. The molecule has 1 aromatic heterocycles. The molecule has 1 aliphatic rings. The fourth-order valence-corrected chi connectivity index (χ4v) is 3.16. The van der Waals surface area contributed by atoms with Crippen LogP contribution in [0.15, 0.2) is 42.5 Å². The van der Waals surface area contributed by atoms with Crippen LogP contribution < -0.4 is 5.32 Å². The van der Waals surface area contributed by atoms with Crippen molar-refractivity contribution in [3.8, 4) is 0 Å². The number of nitrogens with one attached hydrogen (secondary N) is 1. The van der Waals surface area contributed by atoms with E-state index in [2.05, 4.69) is 22.2 Å². The molecule has 2 aromatic rings. The lowest BCUT2D eigenvalue weighted by Gasteiger charge is -2.03. The van der Waals surface area contributed by atoms with Crippen LogP contribution in [0, 0.1) is 0 Å². The van der Waals surface area contributed by atoms with Gasteiger partial charge in [0.15, 0.2) is 0 Å². The standard InChI is InChI=1S/C16H15NO3S/c1-20-16(19)14-8-7-13(21-14)15(18)17-12-9-11(12)10-5-3-2-4-6-10/h2-8,11-12H,9H2,1H3,(H,17,18)/t11-,12-/m0/s1. The minimum Gasteiger partial charge on any atom is -0.465 e. The van der Waals surface area contributed by atoms with Gasteiger partial charge in [-0.15, -0.1) is 11.3 Å². The molecule has 1 heterocycles. The first-order chi connectivity index (χ1) is 10.2. The van der Waals surface area contributed by atoms with Gasteiger partial charge in [0.1, 0.15) is 4.88 Å². The maximum atomic E-state index is 12.1. The van der Waals surface area contributed by atoms with Gasteiger partial charge in [-0.1, -0.05) is 30.3 Å². The maximum absolute atomic E-state index is 12.1. The van der Waals surface area contributed by atoms with Crippen LogP contribution in [0.3, 0.4) is 0 Å². The molecule has 4 nitrogen and oxygen atoms in total. The molecule has 1 N–H and O–H groups in total. The second-order valence-electron chi connectivity index (χ2n) is 4.99. The van der Waals surface area contributed by atoms with Crippen LogP contribution in [0.1, 0.15) is 37.2 Å². The Hall–Kier alpha value is -2.14. The minimum atomic E-state index is -0.410. The highest BCUT2D eigenvalue weighted by atomic mass is 32.1. The van der Waals surface area contributed by atoms with Gasteiger partial charge in [-0.2, -0.15) is 0 Å². The molecule has 1 aromatic carbocycles. The normalized spacial score (nSPS) is 19.9. The van der Waals surface area contributed by atoms with Gasteiger partial charge < -0.3 is 10.1 Å². The zero-order chi connectivity index (χ0) is 14.8. The smallest absolute Gasteiger partial charge is 0.348 e. The number of carbonyl (C=O) groups is 2. The van der Waals surface area contributed by atoms with Gasteiger partial charge in [0.05, 0.1) is 12.0 Å². The first kappa shape index (κ1) is 13.8. The largest absolute Gasteiger partial charge is 0.465 e. The van der Waals surface area contributed by atoms with Crippen molar-refractivity contribution < 1.29 is 14.3 Å². The fourth-order valence-electron chi connectivity index (χ4n) is 2.33. The topological polar surface area (TPSA) is 55.4 Å². The number of thiophene rings is 1. The molecular formula is C16H15NO3S. The van der Waals surface area contributed by atoms with E-state index in [4.69, 9.17) is 0 Å². The molecule has 5 heteroatoms. The Morgan fingerprint density at radius 2 is 1.86 bits per heavy atom. The fraction of sp³-hybridized carbons (Fsp3) is 0.250. The summed E-state index contributed by atoms with van der Waals surface area (Å²) in [5.41, 5.74) is 1.25. The second kappa shape index (κ2) is 5.69. The number of rotatable bonds is 4. The van der Waals surface area contributed by atoms with Gasteiger partial charge >= 0.3 is 5.97 Å². The van der Waals surface area contributed by atoms with Crippen LogP contribution in [-0.2, 0) is 4.74 Å². The third-order valence-corrected chi connectivity index (χ3v) is 4.62. The molecule has 3 rings (SSSR count). The van der Waals surface area contributed by atoms with Crippen molar-refractivity contribution in [2.75, 3.05) is 7.11 Å². The van der Waals surface area contributed by atoms with E-state index >= 15 is 0 Å². The average Bonchev–Trinajstić information content (AvgIpc) is 3.10. The lowest BCUT2D eigenvalue weighted by Crippen LogP contribution is -2.25. The molecule has 0 aliphatic heterocycles. The number of hydrogen-bond acceptors (Lipinski definition) is 4. The Kier molecular flexibility index (Phi) is 3.75. The average molecular weight is 301 g/mol. The van der Waals surface area contributed by atoms with Gasteiger partial charge in [-0.3, -0.25) is 4.79 Å². The van der Waals surface area contributed by atoms with E-state index in [9.17, 15) is 9.59 Å². The number of carbonyl (C=O) groups excluding carboxylic acids is 2. The summed E-state index contributed by atoms with van der Waals surface area (Å²) in [7, 11) is 1.33. The van der Waals surface area contributed by atoms with Crippen molar-refractivity contribution in [2.45, 2.75) is 18.4 Å². The summed E-state index contributed by atoms with van der Waals surface area (Å²) in [5.74, 6) is -0.138. The zero-order valence-corrected chi connectivity index (χ0v) is 12.4. The van der Waals surface area contributed by atoms with Crippen LogP contribution in [0.5, 0.6) is 0 Å². The van der Waals surface area contributed by atoms with Gasteiger partial charge in [-0.05, 0) is 24.1 Å². The molecule has 1 fully saturated rings. The predicted octanol–water partition coefficient (Wildman–Crippen LogP) is 2.82. The highest BCUT2D eigenvalue weighted by Crippen LogP contribution is 2.40. The van der Waals surface area contributed by atoms with Crippen LogP contribution >= 0.6 is 11.3 Å². The molecule has 108 valence electrons. The number of amides is 1. The third kappa shape index (κ3) is 2.97. The number of benzene rings is 1. The van der Waals surface area contributed by atoms with E-state index in [-0.39, 0.29) is 11.9 Å². The van der Waals surface area contributed by atoms with E-state index in [0.29, 0.717) is 15.7 Å². The van der Waals surface area contributed by atoms with Crippen LogP contribution in [-0.4, -0.2) is 25.0 Å². The first-order valence-corrected chi connectivity index (χ1v) is 7.54. The van der Waals surface area contributed by atoms with E-state index in [0.717, 1.165) is 17.8 Å². The summed E-state index contributed by atoms with van der Waals surface area (Å²) in [5, 5.41) is 3.01. The zero-order valence-electron chi connectivity index (χ0n) is 11.5. The van der Waals surface area contributed by atoms with Gasteiger partial charge in [0.25, 0.3) is 5.91 Å². The molecule has 1 aliphatic carbocycles. The lowest BCUT2D eigenvalue weighted by atomic mass is 10.1. The van der Waals surface area contributed by atoms with Crippen molar-refractivity contribution in [3.05, 3.63) is 57.8 Å². The first-order valence-electron chi connectivity index (χ1n) is 6.73. The summed E-state index contributed by atoms with van der Waals surface area (Å²) < 4.78 is 4.64. The lowest BCUT2D eigenvalue weighted by molar-refractivity contribution is 0.0606. The molecule has 2 atom stereocenters. The highest BCUT2D eigenvalue weighted by molar-refractivity contribution is 7.15. The molecule has 0 radical (unpaired) electrons. The Balaban J connectivity index is 1.61. The second-order valence-corrected chi connectivity index (χ2v) is 6.07. The van der Waals surface area contributed by atoms with E-state index < -0.39 is 5.97 Å². The van der Waals surface area contributed by atoms with Gasteiger partial charge in [0.2, 0.25) is 0 Å². The summed E-state index contributed by atoms with van der Waals surface area (Å²) in [4.78, 5) is 24.5. The van der Waals surface area contributed by atoms with Crippen LogP contribution in [0.4, 0.5) is 0 Å². The number of methoxy groups -OCH3 is 1.